The summed E-state index contributed by atoms with van der Waals surface area (Å²) < 4.78 is 20.0. The summed E-state index contributed by atoms with van der Waals surface area (Å²) >= 11 is 0. The van der Waals surface area contributed by atoms with Crippen LogP contribution in [0, 0.1) is 5.82 Å². The summed E-state index contributed by atoms with van der Waals surface area (Å²) in [6, 6.07) is 12.8. The second kappa shape index (κ2) is 5.51. The molecular weight excluding hydrogens is 255 g/mol. The maximum Gasteiger partial charge on any atom is 0.147 e. The lowest BCUT2D eigenvalue weighted by atomic mass is 10.1. The predicted molar refractivity (Wildman–Crippen MR) is 77.9 cm³/mol. The van der Waals surface area contributed by atoms with Crippen LogP contribution in [-0.2, 0) is 6.54 Å². The minimum atomic E-state index is -0.246. The first-order chi connectivity index (χ1) is 9.81. The molecule has 0 saturated heterocycles. The Morgan fingerprint density at radius 3 is 2.85 bits per heavy atom. The molecule has 0 saturated carbocycles. The Bertz CT molecular complexity index is 615. The average molecular weight is 272 g/mol. The SMILES string of the molecule is NCc1cccc(F)c1N1CCCOc2ccccc21. The monoisotopic (exact) mass is 272 g/mol. The van der Waals surface area contributed by atoms with Crippen LogP contribution in [0.5, 0.6) is 5.75 Å². The van der Waals surface area contributed by atoms with E-state index in [0.29, 0.717) is 25.4 Å². The molecule has 0 radical (unpaired) electrons. The lowest BCUT2D eigenvalue weighted by Crippen LogP contribution is -2.21. The molecule has 20 heavy (non-hydrogen) atoms. The zero-order chi connectivity index (χ0) is 13.9. The third kappa shape index (κ3) is 2.23. The zero-order valence-corrected chi connectivity index (χ0v) is 11.2. The molecule has 0 aromatic heterocycles. The van der Waals surface area contributed by atoms with Gasteiger partial charge in [0.1, 0.15) is 11.6 Å². The van der Waals surface area contributed by atoms with Crippen LogP contribution in [-0.4, -0.2) is 13.2 Å². The van der Waals surface area contributed by atoms with E-state index >= 15 is 0 Å². The van der Waals surface area contributed by atoms with Crippen molar-refractivity contribution in [1.29, 1.82) is 0 Å². The Morgan fingerprint density at radius 1 is 1.15 bits per heavy atom. The Hall–Kier alpha value is -2.07. The van der Waals surface area contributed by atoms with Gasteiger partial charge in [0.05, 0.1) is 18.0 Å². The summed E-state index contributed by atoms with van der Waals surface area (Å²) in [6.07, 6.45) is 0.840. The van der Waals surface area contributed by atoms with Crippen molar-refractivity contribution in [2.24, 2.45) is 5.73 Å². The Balaban J connectivity index is 2.15. The number of nitrogens with two attached hydrogens (primary N) is 1. The number of ether oxygens (including phenoxy) is 1. The minimum absolute atomic E-state index is 0.246. The number of benzene rings is 2. The molecule has 0 fully saturated rings. The Kier molecular flexibility index (Phi) is 3.56. The lowest BCUT2D eigenvalue weighted by molar-refractivity contribution is 0.322. The summed E-state index contributed by atoms with van der Waals surface area (Å²) in [5.74, 6) is 0.542. The molecule has 3 nitrogen and oxygen atoms in total. The van der Waals surface area contributed by atoms with Crippen LogP contribution in [0.3, 0.4) is 0 Å². The Morgan fingerprint density at radius 2 is 2.00 bits per heavy atom. The fourth-order valence-electron chi connectivity index (χ4n) is 2.59. The summed E-state index contributed by atoms with van der Waals surface area (Å²) in [4.78, 5) is 1.97. The van der Waals surface area contributed by atoms with Crippen LogP contribution >= 0.6 is 0 Å². The van der Waals surface area contributed by atoms with Crippen LogP contribution in [0.15, 0.2) is 42.5 Å². The molecule has 4 heteroatoms. The highest BCUT2D eigenvalue weighted by Crippen LogP contribution is 2.38. The van der Waals surface area contributed by atoms with Crippen molar-refractivity contribution in [2.75, 3.05) is 18.1 Å². The largest absolute Gasteiger partial charge is 0.491 e. The number of nitrogens with zero attached hydrogens (tertiary/aromatic N) is 1. The molecule has 3 rings (SSSR count). The number of hydrogen-bond acceptors (Lipinski definition) is 3. The van der Waals surface area contributed by atoms with Crippen molar-refractivity contribution in [3.05, 3.63) is 53.8 Å². The fraction of sp³-hybridized carbons (Fsp3) is 0.250. The maximum atomic E-state index is 14.3. The van der Waals surface area contributed by atoms with Crippen LogP contribution < -0.4 is 15.4 Å². The van der Waals surface area contributed by atoms with Gasteiger partial charge in [-0.3, -0.25) is 0 Å². The van der Waals surface area contributed by atoms with Gasteiger partial charge in [-0.1, -0.05) is 24.3 Å². The van der Waals surface area contributed by atoms with Crippen molar-refractivity contribution < 1.29 is 9.13 Å². The van der Waals surface area contributed by atoms with Crippen LogP contribution in [0.2, 0.25) is 0 Å². The van der Waals surface area contributed by atoms with Crippen LogP contribution in [0.25, 0.3) is 0 Å². The van der Waals surface area contributed by atoms with Crippen molar-refractivity contribution >= 4 is 11.4 Å². The standard InChI is InChI=1S/C16H17FN2O/c17-13-6-3-5-12(11-18)16(13)19-9-4-10-20-15-8-2-1-7-14(15)19/h1-3,5-8H,4,9-11,18H2. The highest BCUT2D eigenvalue weighted by Gasteiger charge is 2.22. The quantitative estimate of drug-likeness (QED) is 0.912. The normalized spacial score (nSPS) is 14.4. The molecule has 1 aliphatic heterocycles. The molecule has 0 aliphatic carbocycles. The third-order valence-electron chi connectivity index (χ3n) is 3.50. The van der Waals surface area contributed by atoms with E-state index in [1.165, 1.54) is 6.07 Å². The van der Waals surface area contributed by atoms with E-state index in [2.05, 4.69) is 0 Å². The van der Waals surface area contributed by atoms with Crippen molar-refractivity contribution in [1.82, 2.24) is 0 Å². The van der Waals surface area contributed by atoms with Gasteiger partial charge in [0.25, 0.3) is 0 Å². The summed E-state index contributed by atoms with van der Waals surface area (Å²) in [7, 11) is 0. The number of halogens is 1. The number of rotatable bonds is 2. The first-order valence-corrected chi connectivity index (χ1v) is 6.78. The number of anilines is 2. The van der Waals surface area contributed by atoms with Gasteiger partial charge < -0.3 is 15.4 Å². The average Bonchev–Trinajstić information content (AvgIpc) is 2.69. The van der Waals surface area contributed by atoms with Gasteiger partial charge in [-0.2, -0.15) is 0 Å². The molecule has 1 aliphatic rings. The van der Waals surface area contributed by atoms with Gasteiger partial charge in [0.15, 0.2) is 0 Å². The van der Waals surface area contributed by atoms with Crippen LogP contribution in [0.1, 0.15) is 12.0 Å². The van der Waals surface area contributed by atoms with Crippen LogP contribution in [0.4, 0.5) is 15.8 Å². The number of para-hydroxylation sites is 3. The first kappa shape index (κ1) is 12.9. The van der Waals surface area contributed by atoms with Gasteiger partial charge in [-0.15, -0.1) is 0 Å². The minimum Gasteiger partial charge on any atom is -0.491 e. The molecular formula is C16H17FN2O. The van der Waals surface area contributed by atoms with Crippen molar-refractivity contribution in [3.63, 3.8) is 0 Å². The molecule has 2 N–H and O–H groups in total. The van der Waals surface area contributed by atoms with Gasteiger partial charge in [0.2, 0.25) is 0 Å². The molecule has 0 atom stereocenters. The number of hydrogen-bond donors (Lipinski definition) is 1. The number of fused-ring (bicyclic) bond motifs is 1. The molecule has 104 valence electrons. The predicted octanol–water partition coefficient (Wildman–Crippen LogP) is 3.21. The van der Waals surface area contributed by atoms with E-state index in [0.717, 1.165) is 23.4 Å². The van der Waals surface area contributed by atoms with E-state index in [9.17, 15) is 4.39 Å². The third-order valence-corrected chi connectivity index (χ3v) is 3.50. The lowest BCUT2D eigenvalue weighted by Gasteiger charge is -2.26. The summed E-state index contributed by atoms with van der Waals surface area (Å²) in [6.45, 7) is 1.66. The van der Waals surface area contributed by atoms with Gasteiger partial charge >= 0.3 is 0 Å². The second-order valence-electron chi connectivity index (χ2n) is 4.77. The van der Waals surface area contributed by atoms with E-state index in [1.807, 2.05) is 35.2 Å². The molecule has 2 aromatic rings. The highest BCUT2D eigenvalue weighted by molar-refractivity contribution is 5.72. The van der Waals surface area contributed by atoms with E-state index < -0.39 is 0 Å². The van der Waals surface area contributed by atoms with E-state index in [1.54, 1.807) is 6.07 Å². The summed E-state index contributed by atoms with van der Waals surface area (Å²) in [5, 5.41) is 0. The Labute approximate surface area is 117 Å². The molecule has 0 bridgehead atoms. The highest BCUT2D eigenvalue weighted by atomic mass is 19.1. The second-order valence-corrected chi connectivity index (χ2v) is 4.77. The van der Waals surface area contributed by atoms with Gasteiger partial charge in [-0.05, 0) is 30.2 Å². The molecule has 0 unspecified atom stereocenters. The smallest absolute Gasteiger partial charge is 0.147 e. The van der Waals surface area contributed by atoms with Gasteiger partial charge in [0, 0.05) is 13.1 Å². The zero-order valence-electron chi connectivity index (χ0n) is 11.2. The van der Waals surface area contributed by atoms with E-state index in [4.69, 9.17) is 10.5 Å². The molecule has 2 aromatic carbocycles. The van der Waals surface area contributed by atoms with E-state index in [-0.39, 0.29) is 5.82 Å². The fourth-order valence-corrected chi connectivity index (χ4v) is 2.59. The maximum absolute atomic E-state index is 14.3. The first-order valence-electron chi connectivity index (χ1n) is 6.78. The van der Waals surface area contributed by atoms with Crippen molar-refractivity contribution in [2.45, 2.75) is 13.0 Å². The molecule has 0 amide bonds. The summed E-state index contributed by atoms with van der Waals surface area (Å²) in [5.41, 5.74) is 8.02. The van der Waals surface area contributed by atoms with Crippen molar-refractivity contribution in [3.8, 4) is 5.75 Å². The topological polar surface area (TPSA) is 38.5 Å². The van der Waals surface area contributed by atoms with Gasteiger partial charge in [-0.25, -0.2) is 4.39 Å². The molecule has 1 heterocycles. The molecule has 0 spiro atoms.